The number of ether oxygens (including phenoxy) is 1. The second-order valence-corrected chi connectivity index (χ2v) is 8.64. The minimum Gasteiger partial charge on any atom is -0.371 e. The van der Waals surface area contributed by atoms with Gasteiger partial charge in [-0.25, -0.2) is 4.98 Å². The Morgan fingerprint density at radius 2 is 2.07 bits per heavy atom. The second kappa shape index (κ2) is 6.97. The van der Waals surface area contributed by atoms with E-state index in [2.05, 4.69) is 41.9 Å². The second-order valence-electron chi connectivity index (χ2n) is 7.86. The number of nitrogens with zero attached hydrogens (tertiary/aromatic N) is 3. The van der Waals surface area contributed by atoms with Crippen molar-refractivity contribution in [2.24, 2.45) is 0 Å². The van der Waals surface area contributed by atoms with Crippen LogP contribution >= 0.6 is 23.2 Å². The first-order valence-electron chi connectivity index (χ1n) is 9.02. The first kappa shape index (κ1) is 18.5. The summed E-state index contributed by atoms with van der Waals surface area (Å²) in [5.74, 6) is 0.878. The molecule has 0 saturated carbocycles. The van der Waals surface area contributed by atoms with Crippen LogP contribution in [0.4, 0.5) is 5.82 Å². The van der Waals surface area contributed by atoms with E-state index in [-0.39, 0.29) is 11.7 Å². The fourth-order valence-corrected chi connectivity index (χ4v) is 3.91. The highest BCUT2D eigenvalue weighted by atomic mass is 35.5. The largest absolute Gasteiger partial charge is 0.371 e. The van der Waals surface area contributed by atoms with Gasteiger partial charge in [-0.15, -0.1) is 0 Å². The molecule has 0 bridgehead atoms. The van der Waals surface area contributed by atoms with Crippen LogP contribution in [-0.4, -0.2) is 40.0 Å². The van der Waals surface area contributed by atoms with Crippen LogP contribution in [-0.2, 0) is 4.74 Å². The van der Waals surface area contributed by atoms with Crippen molar-refractivity contribution in [3.8, 4) is 11.1 Å². The third-order valence-electron chi connectivity index (χ3n) is 4.66. The monoisotopic (exact) mass is 404 g/mol. The number of hydrogen-bond donors (Lipinski definition) is 1. The molecule has 27 heavy (non-hydrogen) atoms. The Morgan fingerprint density at radius 3 is 2.78 bits per heavy atom. The molecule has 142 valence electrons. The summed E-state index contributed by atoms with van der Waals surface area (Å²) in [5, 5.41) is 8.90. The fraction of sp³-hybridized carbons (Fsp3) is 0.400. The van der Waals surface area contributed by atoms with Gasteiger partial charge in [0.15, 0.2) is 0 Å². The van der Waals surface area contributed by atoms with Gasteiger partial charge in [-0.2, -0.15) is 5.10 Å². The average Bonchev–Trinajstić information content (AvgIpc) is 3.28. The van der Waals surface area contributed by atoms with Gasteiger partial charge in [0.1, 0.15) is 5.82 Å². The zero-order valence-corrected chi connectivity index (χ0v) is 17.1. The normalized spacial score (nSPS) is 17.8. The number of benzene rings is 1. The molecule has 0 radical (unpaired) electrons. The molecule has 3 heterocycles. The third kappa shape index (κ3) is 3.77. The summed E-state index contributed by atoms with van der Waals surface area (Å²) in [5.41, 5.74) is 2.57. The van der Waals surface area contributed by atoms with Crippen molar-refractivity contribution >= 4 is 39.9 Å². The van der Waals surface area contributed by atoms with Crippen LogP contribution in [0.5, 0.6) is 0 Å². The van der Waals surface area contributed by atoms with Gasteiger partial charge in [0.2, 0.25) is 0 Å². The Balaban J connectivity index is 1.77. The van der Waals surface area contributed by atoms with Crippen molar-refractivity contribution in [1.29, 1.82) is 0 Å². The van der Waals surface area contributed by atoms with Crippen LogP contribution in [0.2, 0.25) is 10.0 Å². The predicted octanol–water partition coefficient (Wildman–Crippen LogP) is 5.33. The molecule has 1 aromatic carbocycles. The Kier molecular flexibility index (Phi) is 4.78. The lowest BCUT2D eigenvalue weighted by molar-refractivity contribution is -0.0492. The van der Waals surface area contributed by atoms with Crippen LogP contribution in [0.25, 0.3) is 22.0 Å². The average molecular weight is 405 g/mol. The molecule has 1 unspecified atom stereocenters. The number of aromatic nitrogens is 3. The molecule has 7 heteroatoms. The lowest BCUT2D eigenvalue weighted by atomic mass is 10.0. The van der Waals surface area contributed by atoms with Gasteiger partial charge in [-0.1, -0.05) is 29.3 Å². The number of hydrogen-bond acceptors (Lipinski definition) is 4. The lowest BCUT2D eigenvalue weighted by Gasteiger charge is -2.25. The summed E-state index contributed by atoms with van der Waals surface area (Å²) in [6.45, 7) is 7.95. The molecule has 1 atom stereocenters. The molecule has 1 aliphatic heterocycles. The SMILES string of the molecule is CC(C)(C)OC1CCN(c2cc(-c3cn[nH]c3)c3ccc(Cl)c(Cl)c3n2)C1. The van der Waals surface area contributed by atoms with Gasteiger partial charge in [0.25, 0.3) is 0 Å². The molecule has 4 rings (SSSR count). The molecule has 2 aromatic heterocycles. The molecule has 1 saturated heterocycles. The van der Waals surface area contributed by atoms with Gasteiger partial charge in [-0.3, -0.25) is 5.10 Å². The number of pyridine rings is 1. The van der Waals surface area contributed by atoms with Gasteiger partial charge in [0.05, 0.1) is 33.5 Å². The van der Waals surface area contributed by atoms with Crippen LogP contribution < -0.4 is 4.90 Å². The van der Waals surface area contributed by atoms with Crippen molar-refractivity contribution in [3.05, 3.63) is 40.6 Å². The maximum absolute atomic E-state index is 6.49. The van der Waals surface area contributed by atoms with Gasteiger partial charge in [0, 0.05) is 30.2 Å². The number of halogens is 2. The Morgan fingerprint density at radius 1 is 1.26 bits per heavy atom. The standard InChI is InChI=1S/C20H22Cl2N4O/c1-20(2,3)27-13-6-7-26(11-13)17-8-15(12-9-23-24-10-12)14-4-5-16(21)18(22)19(14)25-17/h4-5,8-10,13H,6-7,11H2,1-3H3,(H,23,24). The quantitative estimate of drug-likeness (QED) is 0.640. The highest BCUT2D eigenvalue weighted by Crippen LogP contribution is 2.38. The van der Waals surface area contributed by atoms with Crippen molar-refractivity contribution in [2.75, 3.05) is 18.0 Å². The maximum Gasteiger partial charge on any atom is 0.130 e. The fourth-order valence-electron chi connectivity index (χ4n) is 3.55. The van der Waals surface area contributed by atoms with Crippen LogP contribution in [0.1, 0.15) is 27.2 Å². The van der Waals surface area contributed by atoms with E-state index in [4.69, 9.17) is 32.9 Å². The molecule has 0 aliphatic carbocycles. The minimum absolute atomic E-state index is 0.156. The highest BCUT2D eigenvalue weighted by Gasteiger charge is 2.28. The molecule has 1 fully saturated rings. The molecule has 1 aliphatic rings. The van der Waals surface area contributed by atoms with E-state index in [1.54, 1.807) is 12.3 Å². The maximum atomic E-state index is 6.49. The Bertz CT molecular complexity index is 966. The zero-order valence-electron chi connectivity index (χ0n) is 15.6. The van der Waals surface area contributed by atoms with E-state index < -0.39 is 0 Å². The van der Waals surface area contributed by atoms with E-state index in [1.807, 2.05) is 12.3 Å². The summed E-state index contributed by atoms with van der Waals surface area (Å²) in [6.07, 6.45) is 4.84. The third-order valence-corrected chi connectivity index (χ3v) is 5.45. The molecular weight excluding hydrogens is 383 g/mol. The molecule has 3 aromatic rings. The first-order chi connectivity index (χ1) is 12.8. The molecular formula is C20H22Cl2N4O. The summed E-state index contributed by atoms with van der Waals surface area (Å²) in [6, 6.07) is 5.86. The van der Waals surface area contributed by atoms with Crippen LogP contribution in [0, 0.1) is 0 Å². The van der Waals surface area contributed by atoms with Crippen molar-refractivity contribution in [3.63, 3.8) is 0 Å². The number of H-pyrrole nitrogens is 1. The minimum atomic E-state index is -0.156. The van der Waals surface area contributed by atoms with Crippen LogP contribution in [0.15, 0.2) is 30.6 Å². The zero-order chi connectivity index (χ0) is 19.2. The first-order valence-corrected chi connectivity index (χ1v) is 9.78. The summed E-state index contributed by atoms with van der Waals surface area (Å²) in [7, 11) is 0. The number of rotatable bonds is 3. The van der Waals surface area contributed by atoms with E-state index >= 15 is 0 Å². The molecule has 1 N–H and O–H groups in total. The number of anilines is 1. The smallest absolute Gasteiger partial charge is 0.130 e. The van der Waals surface area contributed by atoms with E-state index in [9.17, 15) is 0 Å². The number of aromatic amines is 1. The summed E-state index contributed by atoms with van der Waals surface area (Å²) < 4.78 is 6.15. The number of nitrogens with one attached hydrogen (secondary N) is 1. The molecule has 0 spiro atoms. The molecule has 5 nitrogen and oxygen atoms in total. The van der Waals surface area contributed by atoms with Crippen molar-refractivity contribution in [2.45, 2.75) is 38.9 Å². The lowest BCUT2D eigenvalue weighted by Crippen LogP contribution is -2.30. The van der Waals surface area contributed by atoms with Crippen LogP contribution in [0.3, 0.4) is 0 Å². The number of fused-ring (bicyclic) bond motifs is 1. The van der Waals surface area contributed by atoms with Gasteiger partial charge >= 0.3 is 0 Å². The predicted molar refractivity (Wildman–Crippen MR) is 111 cm³/mol. The van der Waals surface area contributed by atoms with Gasteiger partial charge < -0.3 is 9.64 Å². The van der Waals surface area contributed by atoms with E-state index in [1.165, 1.54) is 0 Å². The topological polar surface area (TPSA) is 54.0 Å². The summed E-state index contributed by atoms with van der Waals surface area (Å²) in [4.78, 5) is 7.09. The van der Waals surface area contributed by atoms with Gasteiger partial charge in [-0.05, 0) is 44.9 Å². The molecule has 0 amide bonds. The van der Waals surface area contributed by atoms with E-state index in [0.717, 1.165) is 41.8 Å². The summed E-state index contributed by atoms with van der Waals surface area (Å²) >= 11 is 12.7. The Hall–Kier alpha value is -1.82. The van der Waals surface area contributed by atoms with Crippen molar-refractivity contribution < 1.29 is 4.74 Å². The highest BCUT2D eigenvalue weighted by molar-refractivity contribution is 6.45. The Labute approximate surface area is 168 Å². The van der Waals surface area contributed by atoms with Crippen molar-refractivity contribution in [1.82, 2.24) is 15.2 Å². The van der Waals surface area contributed by atoms with E-state index in [0.29, 0.717) is 15.6 Å².